The molecule has 1 fully saturated rings. The van der Waals surface area contributed by atoms with E-state index in [-0.39, 0.29) is 31.9 Å². The van der Waals surface area contributed by atoms with Crippen molar-refractivity contribution in [2.24, 2.45) is 0 Å². The molecule has 0 atom stereocenters. The highest BCUT2D eigenvalue weighted by atomic mass is 19.2. The summed E-state index contributed by atoms with van der Waals surface area (Å²) in [6.07, 6.45) is 0. The van der Waals surface area contributed by atoms with Crippen LogP contribution in [0.4, 0.5) is 44.9 Å². The summed E-state index contributed by atoms with van der Waals surface area (Å²) in [5, 5.41) is 13.2. The van der Waals surface area contributed by atoms with Gasteiger partial charge in [-0.25, -0.2) is 22.0 Å². The molecular formula is C21H15F5N4O4. The minimum Gasteiger partial charge on any atom is -0.395 e. The first-order valence-corrected chi connectivity index (χ1v) is 9.84. The molecule has 2 aromatic carbocycles. The van der Waals surface area contributed by atoms with Gasteiger partial charge in [-0.15, -0.1) is 0 Å². The van der Waals surface area contributed by atoms with Gasteiger partial charge < -0.3 is 19.5 Å². The number of hydrogen-bond donors (Lipinski definition) is 1. The zero-order chi connectivity index (χ0) is 24.6. The molecule has 13 heteroatoms. The molecule has 1 saturated heterocycles. The Morgan fingerprint density at radius 3 is 1.88 bits per heavy atom. The number of nitro groups is 1. The first-order chi connectivity index (χ1) is 16.2. The van der Waals surface area contributed by atoms with Crippen molar-refractivity contribution in [1.29, 1.82) is 0 Å². The molecule has 178 valence electrons. The molecule has 1 aromatic heterocycles. The Morgan fingerprint density at radius 2 is 1.35 bits per heavy atom. The molecule has 2 heterocycles. The third-order valence-corrected chi connectivity index (χ3v) is 5.27. The van der Waals surface area contributed by atoms with Crippen LogP contribution in [0.15, 0.2) is 40.8 Å². The molecule has 0 saturated carbocycles. The summed E-state index contributed by atoms with van der Waals surface area (Å²) < 4.78 is 73.3. The molecule has 3 aromatic rings. The van der Waals surface area contributed by atoms with Crippen LogP contribution in [0.2, 0.25) is 0 Å². The smallest absolute Gasteiger partial charge is 0.395 e. The van der Waals surface area contributed by atoms with E-state index in [0.717, 1.165) is 11.0 Å². The second-order valence-electron chi connectivity index (χ2n) is 7.29. The molecule has 0 radical (unpaired) electrons. The fraction of sp³-hybridized carbons (Fsp3) is 0.190. The SMILES string of the molecule is O=C(Nc1ccc(N2CCN(c3c(F)c(F)c(F)c(F)c3F)CC2)cc1)c1ccc([N+](=O)[O-])o1. The monoisotopic (exact) mass is 482 g/mol. The van der Waals surface area contributed by atoms with Crippen molar-refractivity contribution >= 4 is 28.9 Å². The number of rotatable bonds is 5. The zero-order valence-electron chi connectivity index (χ0n) is 17.2. The highest BCUT2D eigenvalue weighted by molar-refractivity contribution is 6.02. The van der Waals surface area contributed by atoms with Gasteiger partial charge in [-0.3, -0.25) is 14.9 Å². The number of furan rings is 1. The van der Waals surface area contributed by atoms with E-state index in [9.17, 15) is 36.9 Å². The first-order valence-electron chi connectivity index (χ1n) is 9.84. The number of carbonyl (C=O) groups is 1. The van der Waals surface area contributed by atoms with Gasteiger partial charge in [0.25, 0.3) is 5.91 Å². The van der Waals surface area contributed by atoms with Crippen molar-refractivity contribution in [3.63, 3.8) is 0 Å². The summed E-state index contributed by atoms with van der Waals surface area (Å²) in [7, 11) is 0. The maximum Gasteiger partial charge on any atom is 0.433 e. The Labute approximate surface area is 188 Å². The fourth-order valence-electron chi connectivity index (χ4n) is 3.56. The number of hydrogen-bond acceptors (Lipinski definition) is 6. The highest BCUT2D eigenvalue weighted by Gasteiger charge is 2.30. The second kappa shape index (κ2) is 9.00. The predicted octanol–water partition coefficient (Wildman–Crippen LogP) is 4.46. The molecule has 4 rings (SSSR count). The van der Waals surface area contributed by atoms with Crippen LogP contribution in [0.25, 0.3) is 0 Å². The van der Waals surface area contributed by atoms with Crippen molar-refractivity contribution < 1.29 is 36.1 Å². The van der Waals surface area contributed by atoms with Crippen LogP contribution in [0, 0.1) is 39.2 Å². The van der Waals surface area contributed by atoms with E-state index < -0.39 is 51.5 Å². The number of piperazine rings is 1. The maximum absolute atomic E-state index is 14.1. The number of carbonyl (C=O) groups excluding carboxylic acids is 1. The molecule has 1 aliphatic heterocycles. The van der Waals surface area contributed by atoms with Crippen LogP contribution in [0.5, 0.6) is 0 Å². The zero-order valence-corrected chi connectivity index (χ0v) is 17.2. The summed E-state index contributed by atoms with van der Waals surface area (Å²) in [4.78, 5) is 25.0. The van der Waals surface area contributed by atoms with E-state index in [1.807, 2.05) is 4.90 Å². The number of halogens is 5. The Kier molecular flexibility index (Phi) is 6.09. The molecule has 0 unspecified atom stereocenters. The number of amides is 1. The molecule has 1 aliphatic rings. The van der Waals surface area contributed by atoms with Gasteiger partial charge >= 0.3 is 5.88 Å². The van der Waals surface area contributed by atoms with Gasteiger partial charge in [-0.1, -0.05) is 0 Å². The van der Waals surface area contributed by atoms with Crippen molar-refractivity contribution in [3.8, 4) is 0 Å². The van der Waals surface area contributed by atoms with Gasteiger partial charge in [-0.2, -0.15) is 0 Å². The third-order valence-electron chi connectivity index (χ3n) is 5.27. The Bertz CT molecular complexity index is 1230. The summed E-state index contributed by atoms with van der Waals surface area (Å²) in [5.41, 5.74) is 0.129. The van der Waals surface area contributed by atoms with E-state index in [0.29, 0.717) is 11.4 Å². The highest BCUT2D eigenvalue weighted by Crippen LogP contribution is 2.31. The van der Waals surface area contributed by atoms with Gasteiger partial charge in [0.2, 0.25) is 5.82 Å². The fourth-order valence-corrected chi connectivity index (χ4v) is 3.56. The normalized spacial score (nSPS) is 13.8. The van der Waals surface area contributed by atoms with Gasteiger partial charge in [0.05, 0.1) is 6.07 Å². The van der Waals surface area contributed by atoms with E-state index >= 15 is 0 Å². The number of nitrogens with one attached hydrogen (secondary N) is 1. The summed E-state index contributed by atoms with van der Waals surface area (Å²) in [6, 6.07) is 8.69. The van der Waals surface area contributed by atoms with Crippen LogP contribution < -0.4 is 15.1 Å². The van der Waals surface area contributed by atoms with Gasteiger partial charge in [0, 0.05) is 37.6 Å². The van der Waals surface area contributed by atoms with E-state index in [4.69, 9.17) is 4.42 Å². The second-order valence-corrected chi connectivity index (χ2v) is 7.29. The molecule has 1 N–H and O–H groups in total. The minimum atomic E-state index is -2.20. The Balaban J connectivity index is 1.40. The molecule has 0 spiro atoms. The van der Waals surface area contributed by atoms with Crippen LogP contribution in [-0.2, 0) is 0 Å². The lowest BCUT2D eigenvalue weighted by molar-refractivity contribution is -0.402. The topological polar surface area (TPSA) is 91.9 Å². The number of anilines is 3. The average molecular weight is 482 g/mol. The maximum atomic E-state index is 14.1. The average Bonchev–Trinajstić information content (AvgIpc) is 3.34. The third kappa shape index (κ3) is 4.23. The summed E-state index contributed by atoms with van der Waals surface area (Å²) in [5.74, 6) is -11.4. The number of nitrogens with zero attached hydrogens (tertiary/aromatic N) is 3. The quantitative estimate of drug-likeness (QED) is 0.190. The Morgan fingerprint density at radius 1 is 0.824 bits per heavy atom. The lowest BCUT2D eigenvalue weighted by Crippen LogP contribution is -2.47. The molecule has 0 aliphatic carbocycles. The Hall–Kier alpha value is -4.16. The van der Waals surface area contributed by atoms with Crippen molar-refractivity contribution in [2.75, 3.05) is 41.3 Å². The van der Waals surface area contributed by atoms with Crippen LogP contribution >= 0.6 is 0 Å². The minimum absolute atomic E-state index is 0.00805. The van der Waals surface area contributed by atoms with Gasteiger partial charge in [-0.05, 0) is 30.3 Å². The standard InChI is InChI=1S/C21H15F5N4O4/c22-15-16(23)18(25)20(19(26)17(15)24)29-9-7-28(8-10-29)12-3-1-11(2-4-12)27-21(31)13-5-6-14(34-13)30(32)33/h1-6H,7-10H2,(H,27,31). The lowest BCUT2D eigenvalue weighted by atomic mass is 10.2. The molecule has 8 nitrogen and oxygen atoms in total. The summed E-state index contributed by atoms with van der Waals surface area (Å²) >= 11 is 0. The van der Waals surface area contributed by atoms with Crippen LogP contribution in [-0.4, -0.2) is 37.0 Å². The van der Waals surface area contributed by atoms with E-state index in [1.54, 1.807) is 24.3 Å². The molecule has 34 heavy (non-hydrogen) atoms. The summed E-state index contributed by atoms with van der Waals surface area (Å²) in [6.45, 7) is 0.491. The molecule has 0 bridgehead atoms. The lowest BCUT2D eigenvalue weighted by Gasteiger charge is -2.37. The predicted molar refractivity (Wildman–Crippen MR) is 110 cm³/mol. The first kappa shape index (κ1) is 23.0. The number of benzene rings is 2. The van der Waals surface area contributed by atoms with E-state index in [2.05, 4.69) is 5.32 Å². The van der Waals surface area contributed by atoms with Gasteiger partial charge in [0.15, 0.2) is 29.0 Å². The molecule has 1 amide bonds. The van der Waals surface area contributed by atoms with Crippen molar-refractivity contribution in [1.82, 2.24) is 0 Å². The van der Waals surface area contributed by atoms with Crippen LogP contribution in [0.1, 0.15) is 10.6 Å². The largest absolute Gasteiger partial charge is 0.433 e. The van der Waals surface area contributed by atoms with Crippen molar-refractivity contribution in [2.45, 2.75) is 0 Å². The molecular weight excluding hydrogens is 467 g/mol. The van der Waals surface area contributed by atoms with Crippen molar-refractivity contribution in [3.05, 3.63) is 81.4 Å². The van der Waals surface area contributed by atoms with Gasteiger partial charge in [0.1, 0.15) is 10.6 Å². The van der Waals surface area contributed by atoms with Crippen LogP contribution in [0.3, 0.4) is 0 Å². The van der Waals surface area contributed by atoms with E-state index in [1.165, 1.54) is 6.07 Å².